The molecule has 0 aliphatic carbocycles. The van der Waals surface area contributed by atoms with Crippen LogP contribution in [-0.2, 0) is 6.42 Å². The van der Waals surface area contributed by atoms with Gasteiger partial charge >= 0.3 is 5.97 Å². The third-order valence-corrected chi connectivity index (χ3v) is 3.51. The van der Waals surface area contributed by atoms with Gasteiger partial charge in [0.15, 0.2) is 0 Å². The van der Waals surface area contributed by atoms with Gasteiger partial charge in [-0.2, -0.15) is 0 Å². The van der Waals surface area contributed by atoms with Crippen LogP contribution in [0, 0.1) is 5.82 Å². The standard InChI is InChI=1S/C15H13BrFNO2/c1-2-3-14-10(15(19)20)5-7-13(18-14)9-4-6-12(17)11(16)8-9/h4-8H,2-3H2,1H3,(H,19,20). The second-order valence-electron chi connectivity index (χ2n) is 4.37. The highest BCUT2D eigenvalue weighted by Crippen LogP contribution is 2.25. The average Bonchev–Trinajstić information content (AvgIpc) is 2.42. The molecule has 1 N–H and O–H groups in total. The first-order chi connectivity index (χ1) is 9.52. The monoisotopic (exact) mass is 337 g/mol. The maximum atomic E-state index is 13.2. The maximum absolute atomic E-state index is 13.2. The molecule has 1 aromatic heterocycles. The number of pyridine rings is 1. The molecule has 5 heteroatoms. The van der Waals surface area contributed by atoms with Crippen molar-refractivity contribution < 1.29 is 14.3 Å². The van der Waals surface area contributed by atoms with Crippen molar-refractivity contribution in [2.24, 2.45) is 0 Å². The number of aromatic nitrogens is 1. The van der Waals surface area contributed by atoms with E-state index >= 15 is 0 Å². The number of hydrogen-bond donors (Lipinski definition) is 1. The number of aromatic carboxylic acids is 1. The van der Waals surface area contributed by atoms with Gasteiger partial charge in [-0.15, -0.1) is 0 Å². The molecular weight excluding hydrogens is 325 g/mol. The van der Waals surface area contributed by atoms with Crippen molar-refractivity contribution in [1.82, 2.24) is 4.98 Å². The lowest BCUT2D eigenvalue weighted by atomic mass is 10.1. The first-order valence-electron chi connectivity index (χ1n) is 6.21. The van der Waals surface area contributed by atoms with Crippen LogP contribution >= 0.6 is 15.9 Å². The van der Waals surface area contributed by atoms with E-state index in [1.54, 1.807) is 24.3 Å². The summed E-state index contributed by atoms with van der Waals surface area (Å²) in [4.78, 5) is 15.5. The lowest BCUT2D eigenvalue weighted by Crippen LogP contribution is -2.05. The van der Waals surface area contributed by atoms with E-state index in [9.17, 15) is 9.18 Å². The third kappa shape index (κ3) is 3.04. The van der Waals surface area contributed by atoms with Crippen LogP contribution in [0.1, 0.15) is 29.4 Å². The van der Waals surface area contributed by atoms with E-state index in [2.05, 4.69) is 20.9 Å². The summed E-state index contributed by atoms with van der Waals surface area (Å²) in [5, 5.41) is 9.14. The second-order valence-corrected chi connectivity index (χ2v) is 5.23. The van der Waals surface area contributed by atoms with E-state index in [-0.39, 0.29) is 11.4 Å². The van der Waals surface area contributed by atoms with Gasteiger partial charge < -0.3 is 5.11 Å². The molecular formula is C15H13BrFNO2. The zero-order chi connectivity index (χ0) is 14.7. The maximum Gasteiger partial charge on any atom is 0.337 e. The molecule has 104 valence electrons. The van der Waals surface area contributed by atoms with Crippen LogP contribution in [0.15, 0.2) is 34.8 Å². The number of hydrogen-bond acceptors (Lipinski definition) is 2. The largest absolute Gasteiger partial charge is 0.478 e. The van der Waals surface area contributed by atoms with Gasteiger partial charge in [-0.25, -0.2) is 9.18 Å². The van der Waals surface area contributed by atoms with Crippen LogP contribution in [0.4, 0.5) is 4.39 Å². The second kappa shape index (κ2) is 6.13. The molecule has 2 rings (SSSR count). The van der Waals surface area contributed by atoms with E-state index in [0.717, 1.165) is 12.0 Å². The van der Waals surface area contributed by atoms with Gasteiger partial charge in [0, 0.05) is 5.56 Å². The fourth-order valence-electron chi connectivity index (χ4n) is 1.94. The van der Waals surface area contributed by atoms with Crippen molar-refractivity contribution in [2.45, 2.75) is 19.8 Å². The summed E-state index contributed by atoms with van der Waals surface area (Å²) >= 11 is 3.13. The van der Waals surface area contributed by atoms with Crippen LogP contribution in [0.2, 0.25) is 0 Å². The minimum absolute atomic E-state index is 0.219. The van der Waals surface area contributed by atoms with Gasteiger partial charge in [0.1, 0.15) is 5.82 Å². The number of carboxylic acid groups (broad SMARTS) is 1. The Balaban J connectivity index is 2.49. The van der Waals surface area contributed by atoms with E-state index < -0.39 is 5.97 Å². The normalized spacial score (nSPS) is 10.6. The summed E-state index contributed by atoms with van der Waals surface area (Å²) in [6.45, 7) is 1.97. The van der Waals surface area contributed by atoms with Gasteiger partial charge in [0.2, 0.25) is 0 Å². The minimum atomic E-state index is -0.979. The summed E-state index contributed by atoms with van der Waals surface area (Å²) in [6.07, 6.45) is 1.40. The van der Waals surface area contributed by atoms with Crippen LogP contribution in [0.25, 0.3) is 11.3 Å². The van der Waals surface area contributed by atoms with E-state index in [0.29, 0.717) is 22.3 Å². The Hall–Kier alpha value is -1.75. The van der Waals surface area contributed by atoms with Gasteiger partial charge in [-0.1, -0.05) is 13.3 Å². The molecule has 0 amide bonds. The van der Waals surface area contributed by atoms with Crippen molar-refractivity contribution in [3.05, 3.63) is 51.9 Å². The highest BCUT2D eigenvalue weighted by atomic mass is 79.9. The van der Waals surface area contributed by atoms with Crippen molar-refractivity contribution in [2.75, 3.05) is 0 Å². The predicted molar refractivity (Wildman–Crippen MR) is 78.3 cm³/mol. The van der Waals surface area contributed by atoms with Crippen molar-refractivity contribution in [1.29, 1.82) is 0 Å². The lowest BCUT2D eigenvalue weighted by molar-refractivity contribution is 0.0695. The molecule has 3 nitrogen and oxygen atoms in total. The average molecular weight is 338 g/mol. The molecule has 20 heavy (non-hydrogen) atoms. The lowest BCUT2D eigenvalue weighted by Gasteiger charge is -2.08. The van der Waals surface area contributed by atoms with Gasteiger partial charge in [-0.3, -0.25) is 4.98 Å². The summed E-state index contributed by atoms with van der Waals surface area (Å²) in [7, 11) is 0. The van der Waals surface area contributed by atoms with Crippen molar-refractivity contribution in [3.63, 3.8) is 0 Å². The molecule has 0 fully saturated rings. The number of nitrogens with zero attached hydrogens (tertiary/aromatic N) is 1. The highest BCUT2D eigenvalue weighted by Gasteiger charge is 2.13. The van der Waals surface area contributed by atoms with E-state index in [4.69, 9.17) is 5.11 Å². The first-order valence-corrected chi connectivity index (χ1v) is 7.01. The molecule has 2 aromatic rings. The Bertz CT molecular complexity index is 658. The van der Waals surface area contributed by atoms with E-state index in [1.165, 1.54) is 6.07 Å². The number of aryl methyl sites for hydroxylation is 1. The molecule has 0 bridgehead atoms. The summed E-state index contributed by atoms with van der Waals surface area (Å²) in [6, 6.07) is 7.80. The highest BCUT2D eigenvalue weighted by molar-refractivity contribution is 9.10. The SMILES string of the molecule is CCCc1nc(-c2ccc(F)c(Br)c2)ccc1C(=O)O. The van der Waals surface area contributed by atoms with Crippen LogP contribution in [0.5, 0.6) is 0 Å². The molecule has 0 atom stereocenters. The summed E-state index contributed by atoms with van der Waals surface area (Å²) in [5.41, 5.74) is 2.15. The molecule has 0 spiro atoms. The summed E-state index contributed by atoms with van der Waals surface area (Å²) < 4.78 is 13.6. The molecule has 0 aliphatic rings. The fraction of sp³-hybridized carbons (Fsp3) is 0.200. The Labute approximate surface area is 124 Å². The van der Waals surface area contributed by atoms with Crippen LogP contribution in [0.3, 0.4) is 0 Å². The topological polar surface area (TPSA) is 50.2 Å². The number of carbonyl (C=O) groups is 1. The molecule has 0 saturated carbocycles. The minimum Gasteiger partial charge on any atom is -0.478 e. The van der Waals surface area contributed by atoms with Gasteiger partial charge in [-0.05, 0) is 52.7 Å². The van der Waals surface area contributed by atoms with Gasteiger partial charge in [0.25, 0.3) is 0 Å². The van der Waals surface area contributed by atoms with E-state index in [1.807, 2.05) is 6.92 Å². The number of halogens is 2. The molecule has 1 aromatic carbocycles. The number of carboxylic acids is 1. The fourth-order valence-corrected chi connectivity index (χ4v) is 2.32. The molecule has 0 saturated heterocycles. The Morgan fingerprint density at radius 2 is 2.10 bits per heavy atom. The quantitative estimate of drug-likeness (QED) is 0.904. The van der Waals surface area contributed by atoms with Crippen LogP contribution in [-0.4, -0.2) is 16.1 Å². The molecule has 0 unspecified atom stereocenters. The molecule has 1 heterocycles. The Kier molecular flexibility index (Phi) is 4.49. The number of rotatable bonds is 4. The number of benzene rings is 1. The van der Waals surface area contributed by atoms with Crippen LogP contribution < -0.4 is 0 Å². The summed E-state index contributed by atoms with van der Waals surface area (Å²) in [5.74, 6) is -1.32. The Morgan fingerprint density at radius 3 is 2.70 bits per heavy atom. The Morgan fingerprint density at radius 1 is 1.35 bits per heavy atom. The molecule has 0 aliphatic heterocycles. The predicted octanol–water partition coefficient (Wildman–Crippen LogP) is 4.30. The molecule has 0 radical (unpaired) electrons. The zero-order valence-electron chi connectivity index (χ0n) is 10.9. The van der Waals surface area contributed by atoms with Crippen molar-refractivity contribution >= 4 is 21.9 Å². The smallest absolute Gasteiger partial charge is 0.337 e. The van der Waals surface area contributed by atoms with Crippen molar-refractivity contribution in [3.8, 4) is 11.3 Å². The zero-order valence-corrected chi connectivity index (χ0v) is 12.4. The van der Waals surface area contributed by atoms with Gasteiger partial charge in [0.05, 0.1) is 21.4 Å². The third-order valence-electron chi connectivity index (χ3n) is 2.91. The first kappa shape index (κ1) is 14.7.